The zero-order chi connectivity index (χ0) is 18.9. The minimum atomic E-state index is -0.334. The number of hydrogen-bond donors (Lipinski definition) is 1. The summed E-state index contributed by atoms with van der Waals surface area (Å²) in [5.41, 5.74) is 0.872. The number of carbonyl (C=O) groups is 1. The van der Waals surface area contributed by atoms with Gasteiger partial charge in [0, 0.05) is 19.2 Å². The Morgan fingerprint density at radius 3 is 2.93 bits per heavy atom. The molecule has 0 bridgehead atoms. The molecule has 0 aliphatic carbocycles. The Kier molecular flexibility index (Phi) is 4.24. The van der Waals surface area contributed by atoms with Gasteiger partial charge in [-0.25, -0.2) is 0 Å². The lowest BCUT2D eigenvalue weighted by molar-refractivity contribution is 0.0940. The number of carbonyl (C=O) groups excluding carboxylic acids is 1. The highest BCUT2D eigenvalue weighted by Gasteiger charge is 2.17. The molecule has 4 aromatic heterocycles. The molecule has 10 heteroatoms. The van der Waals surface area contributed by atoms with Gasteiger partial charge in [-0.3, -0.25) is 4.79 Å². The van der Waals surface area contributed by atoms with Crippen molar-refractivity contribution < 1.29 is 9.32 Å². The van der Waals surface area contributed by atoms with Crippen molar-refractivity contribution in [3.05, 3.63) is 47.2 Å². The van der Waals surface area contributed by atoms with Crippen LogP contribution in [0.15, 0.2) is 40.2 Å². The van der Waals surface area contributed by atoms with E-state index in [1.165, 1.54) is 24.2 Å². The third kappa shape index (κ3) is 3.11. The van der Waals surface area contributed by atoms with Crippen LogP contribution in [0, 0.1) is 0 Å². The first-order chi connectivity index (χ1) is 13.8. The van der Waals surface area contributed by atoms with Gasteiger partial charge in [0.1, 0.15) is 5.82 Å². The highest BCUT2D eigenvalue weighted by molar-refractivity contribution is 7.13. The van der Waals surface area contributed by atoms with Crippen molar-refractivity contribution in [1.29, 1.82) is 0 Å². The van der Waals surface area contributed by atoms with Crippen molar-refractivity contribution in [2.24, 2.45) is 0 Å². The van der Waals surface area contributed by atoms with Gasteiger partial charge in [0.15, 0.2) is 22.9 Å². The molecule has 0 radical (unpaired) electrons. The lowest BCUT2D eigenvalue weighted by Crippen LogP contribution is -2.25. The molecule has 28 heavy (non-hydrogen) atoms. The van der Waals surface area contributed by atoms with Crippen LogP contribution in [0.25, 0.3) is 16.3 Å². The molecule has 0 spiro atoms. The van der Waals surface area contributed by atoms with E-state index in [2.05, 4.69) is 30.7 Å². The van der Waals surface area contributed by atoms with Crippen LogP contribution in [-0.2, 0) is 6.54 Å². The molecule has 4 aromatic rings. The van der Waals surface area contributed by atoms with Crippen LogP contribution in [0.3, 0.4) is 0 Å². The number of fused-ring (bicyclic) bond motifs is 1. The maximum atomic E-state index is 12.4. The van der Waals surface area contributed by atoms with E-state index in [1.54, 1.807) is 10.6 Å². The molecule has 0 saturated carbocycles. The number of amides is 1. The number of nitrogens with one attached hydrogen (secondary N) is 1. The van der Waals surface area contributed by atoms with Crippen LogP contribution in [0.5, 0.6) is 0 Å². The normalized spacial score (nSPS) is 14.1. The lowest BCUT2D eigenvalue weighted by atomic mass is 10.3. The summed E-state index contributed by atoms with van der Waals surface area (Å²) < 4.78 is 6.93. The lowest BCUT2D eigenvalue weighted by Gasteiger charge is -2.15. The topological polar surface area (TPSA) is 101 Å². The second-order valence-electron chi connectivity index (χ2n) is 6.51. The van der Waals surface area contributed by atoms with Crippen LogP contribution in [0.2, 0.25) is 0 Å². The van der Waals surface area contributed by atoms with E-state index in [9.17, 15) is 4.79 Å². The molecule has 0 unspecified atom stereocenters. The number of thiophene rings is 1. The fourth-order valence-corrected chi connectivity index (χ4v) is 3.89. The first-order valence-electron chi connectivity index (χ1n) is 9.03. The molecule has 142 valence electrons. The molecule has 5 rings (SSSR count). The minimum absolute atomic E-state index is 0.192. The third-order valence-corrected chi connectivity index (χ3v) is 5.54. The van der Waals surface area contributed by atoms with Gasteiger partial charge < -0.3 is 14.7 Å². The molecule has 1 saturated heterocycles. The predicted octanol–water partition coefficient (Wildman–Crippen LogP) is 2.37. The average Bonchev–Trinajstić information content (AvgIpc) is 3.52. The Labute approximate surface area is 164 Å². The van der Waals surface area contributed by atoms with Crippen LogP contribution < -0.4 is 10.2 Å². The largest absolute Gasteiger partial charge is 0.355 e. The molecule has 1 fully saturated rings. The molecule has 1 aliphatic rings. The highest BCUT2D eigenvalue weighted by Crippen LogP contribution is 2.25. The minimum Gasteiger partial charge on any atom is -0.355 e. The second-order valence-corrected chi connectivity index (χ2v) is 7.46. The average molecular weight is 395 g/mol. The third-order valence-electron chi connectivity index (χ3n) is 4.66. The number of hydrogen-bond acceptors (Lipinski definition) is 8. The molecule has 9 nitrogen and oxygen atoms in total. The quantitative estimate of drug-likeness (QED) is 0.553. The molecule has 1 amide bonds. The maximum Gasteiger partial charge on any atom is 0.273 e. The zero-order valence-electron chi connectivity index (χ0n) is 14.9. The Balaban J connectivity index is 1.31. The van der Waals surface area contributed by atoms with E-state index in [1.807, 2.05) is 29.6 Å². The van der Waals surface area contributed by atoms with Crippen molar-refractivity contribution in [3.8, 4) is 10.6 Å². The van der Waals surface area contributed by atoms with Crippen molar-refractivity contribution in [2.75, 3.05) is 18.0 Å². The maximum absolute atomic E-state index is 12.4. The van der Waals surface area contributed by atoms with E-state index in [4.69, 9.17) is 4.52 Å². The summed E-state index contributed by atoms with van der Waals surface area (Å²) in [6.07, 6.45) is 2.35. The predicted molar refractivity (Wildman–Crippen MR) is 103 cm³/mol. The molecular weight excluding hydrogens is 378 g/mol. The van der Waals surface area contributed by atoms with Gasteiger partial charge in [0.05, 0.1) is 11.4 Å². The van der Waals surface area contributed by atoms with Gasteiger partial charge in [0.2, 0.25) is 0 Å². The summed E-state index contributed by atoms with van der Waals surface area (Å²) in [7, 11) is 0. The van der Waals surface area contributed by atoms with Crippen molar-refractivity contribution >= 4 is 28.7 Å². The summed E-state index contributed by atoms with van der Waals surface area (Å²) in [6, 6.07) is 9.32. The van der Waals surface area contributed by atoms with E-state index in [0.29, 0.717) is 17.2 Å². The van der Waals surface area contributed by atoms with Crippen LogP contribution >= 0.6 is 11.3 Å². The van der Waals surface area contributed by atoms with E-state index in [0.717, 1.165) is 23.8 Å². The van der Waals surface area contributed by atoms with E-state index >= 15 is 0 Å². The Bertz CT molecular complexity index is 1110. The Morgan fingerprint density at radius 2 is 2.11 bits per heavy atom. The van der Waals surface area contributed by atoms with E-state index in [-0.39, 0.29) is 18.1 Å². The Morgan fingerprint density at radius 1 is 1.21 bits per heavy atom. The van der Waals surface area contributed by atoms with Gasteiger partial charge >= 0.3 is 0 Å². The van der Waals surface area contributed by atoms with Gasteiger partial charge in [-0.05, 0) is 36.4 Å². The molecule has 5 heterocycles. The van der Waals surface area contributed by atoms with Crippen molar-refractivity contribution in [1.82, 2.24) is 30.3 Å². The number of aromatic nitrogens is 5. The fraction of sp³-hybridized carbons (Fsp3) is 0.278. The Hall–Kier alpha value is -3.27. The van der Waals surface area contributed by atoms with Crippen LogP contribution in [0.1, 0.15) is 29.2 Å². The molecular formula is C18H17N7O2S. The summed E-state index contributed by atoms with van der Waals surface area (Å²) in [5, 5.41) is 21.5. The monoisotopic (exact) mass is 395 g/mol. The number of rotatable bonds is 5. The summed E-state index contributed by atoms with van der Waals surface area (Å²) in [4.78, 5) is 15.6. The molecule has 1 N–H and O–H groups in total. The standard InChI is InChI=1S/C18H17N7O2S/c26-18(12-10-13(27-23-12)14-4-3-9-28-14)19-11-17-21-20-15-5-6-16(22-25(15)17)24-7-1-2-8-24/h3-6,9-10H,1-2,7-8,11H2,(H,19,26). The molecule has 0 atom stereocenters. The van der Waals surface area contributed by atoms with E-state index < -0.39 is 0 Å². The first-order valence-corrected chi connectivity index (χ1v) is 9.91. The first kappa shape index (κ1) is 16.9. The smallest absolute Gasteiger partial charge is 0.273 e. The summed E-state index contributed by atoms with van der Waals surface area (Å²) in [5.74, 6) is 1.70. The fourth-order valence-electron chi connectivity index (χ4n) is 3.22. The van der Waals surface area contributed by atoms with Gasteiger partial charge in [-0.2, -0.15) is 4.52 Å². The van der Waals surface area contributed by atoms with Gasteiger partial charge in [-0.15, -0.1) is 26.6 Å². The zero-order valence-corrected chi connectivity index (χ0v) is 15.7. The van der Waals surface area contributed by atoms with Crippen molar-refractivity contribution in [3.63, 3.8) is 0 Å². The number of anilines is 1. The summed E-state index contributed by atoms with van der Waals surface area (Å²) >= 11 is 1.53. The second kappa shape index (κ2) is 7.04. The molecule has 0 aromatic carbocycles. The van der Waals surface area contributed by atoms with Gasteiger partial charge in [0.25, 0.3) is 5.91 Å². The van der Waals surface area contributed by atoms with Gasteiger partial charge in [-0.1, -0.05) is 11.2 Å². The van der Waals surface area contributed by atoms with Crippen LogP contribution in [-0.4, -0.2) is 44.0 Å². The SMILES string of the molecule is O=C(NCc1nnc2ccc(N3CCCC3)nn12)c1cc(-c2cccs2)on1. The van der Waals surface area contributed by atoms with Crippen LogP contribution in [0.4, 0.5) is 5.82 Å². The van der Waals surface area contributed by atoms with Crippen molar-refractivity contribution in [2.45, 2.75) is 19.4 Å². The highest BCUT2D eigenvalue weighted by atomic mass is 32.1. The summed E-state index contributed by atoms with van der Waals surface area (Å²) in [6.45, 7) is 2.20. The number of nitrogens with zero attached hydrogens (tertiary/aromatic N) is 6. The molecule has 1 aliphatic heterocycles.